The van der Waals surface area contributed by atoms with Gasteiger partial charge in [0.25, 0.3) is 0 Å². The summed E-state index contributed by atoms with van der Waals surface area (Å²) in [6, 6.07) is 2.71. The Kier molecular flexibility index (Phi) is 2.51. The molecule has 0 radical (unpaired) electrons. The molecule has 0 N–H and O–H groups in total. The van der Waals surface area contributed by atoms with Crippen molar-refractivity contribution in [2.24, 2.45) is 0 Å². The van der Waals surface area contributed by atoms with Gasteiger partial charge in [0, 0.05) is 5.56 Å². The SMILES string of the molecule is F[B-](F)(F)c1ccccc1C(F)(F)F. The Bertz CT molecular complexity index is 293. The van der Waals surface area contributed by atoms with Crippen LogP contribution in [0.2, 0.25) is 0 Å². The molecule has 0 saturated heterocycles. The van der Waals surface area contributed by atoms with Crippen LogP contribution in [0.1, 0.15) is 5.56 Å². The first kappa shape index (κ1) is 10.9. The highest BCUT2D eigenvalue weighted by Crippen LogP contribution is 2.29. The van der Waals surface area contributed by atoms with Crippen molar-refractivity contribution in [2.45, 2.75) is 6.18 Å². The van der Waals surface area contributed by atoms with Gasteiger partial charge in [-0.3, -0.25) is 0 Å². The second-order valence-corrected chi connectivity index (χ2v) is 2.66. The second kappa shape index (κ2) is 3.22. The second-order valence-electron chi connectivity index (χ2n) is 2.66. The average Bonchev–Trinajstić information content (AvgIpc) is 2.01. The summed E-state index contributed by atoms with van der Waals surface area (Å²) in [5.74, 6) is 0. The maximum absolute atomic E-state index is 12.1. The van der Waals surface area contributed by atoms with Crippen molar-refractivity contribution in [1.82, 2.24) is 0 Å². The molecule has 1 aromatic carbocycles. The van der Waals surface area contributed by atoms with Gasteiger partial charge in [-0.1, -0.05) is 29.7 Å². The normalized spacial score (nSPS) is 13.0. The first-order chi connectivity index (χ1) is 6.23. The Labute approximate surface area is 75.6 Å². The molecule has 78 valence electrons. The predicted molar refractivity (Wildman–Crippen MR) is 40.2 cm³/mol. The molecule has 0 spiro atoms. The maximum atomic E-state index is 12.1. The van der Waals surface area contributed by atoms with E-state index in [1.54, 1.807) is 0 Å². The van der Waals surface area contributed by atoms with Crippen LogP contribution >= 0.6 is 0 Å². The third-order valence-electron chi connectivity index (χ3n) is 1.62. The lowest BCUT2D eigenvalue weighted by Crippen LogP contribution is -2.39. The average molecular weight is 213 g/mol. The third-order valence-corrected chi connectivity index (χ3v) is 1.62. The molecule has 1 rings (SSSR count). The van der Waals surface area contributed by atoms with Gasteiger partial charge in [-0.25, -0.2) is 0 Å². The topological polar surface area (TPSA) is 0 Å². The van der Waals surface area contributed by atoms with Gasteiger partial charge in [-0.15, -0.1) is 0 Å². The zero-order valence-corrected chi connectivity index (χ0v) is 6.65. The predicted octanol–water partition coefficient (Wildman–Crippen LogP) is 2.76. The van der Waals surface area contributed by atoms with E-state index in [1.165, 1.54) is 0 Å². The summed E-state index contributed by atoms with van der Waals surface area (Å²) in [6.45, 7) is -5.62. The molecule has 0 saturated carbocycles. The van der Waals surface area contributed by atoms with Gasteiger partial charge in [0.2, 0.25) is 0 Å². The van der Waals surface area contributed by atoms with Crippen molar-refractivity contribution in [3.05, 3.63) is 29.8 Å². The van der Waals surface area contributed by atoms with E-state index in [9.17, 15) is 26.1 Å². The fourth-order valence-corrected chi connectivity index (χ4v) is 1.04. The summed E-state index contributed by atoms with van der Waals surface area (Å²) in [7, 11) is 0. The lowest BCUT2D eigenvalue weighted by molar-refractivity contribution is -0.136. The van der Waals surface area contributed by atoms with E-state index in [-0.39, 0.29) is 0 Å². The molecule has 0 amide bonds. The van der Waals surface area contributed by atoms with Crippen molar-refractivity contribution in [3.63, 3.8) is 0 Å². The summed E-state index contributed by atoms with van der Waals surface area (Å²) in [6.07, 6.45) is -4.96. The van der Waals surface area contributed by atoms with Crippen LogP contribution in [-0.2, 0) is 6.18 Å². The van der Waals surface area contributed by atoms with Crippen LogP contribution in [0.25, 0.3) is 0 Å². The van der Waals surface area contributed by atoms with Gasteiger partial charge >= 0.3 is 13.2 Å². The Hall–Kier alpha value is -1.14. The van der Waals surface area contributed by atoms with Gasteiger partial charge < -0.3 is 12.9 Å². The van der Waals surface area contributed by atoms with Gasteiger partial charge in [0.15, 0.2) is 0 Å². The van der Waals surface area contributed by atoms with Gasteiger partial charge in [0.05, 0.1) is 0 Å². The van der Waals surface area contributed by atoms with Crippen LogP contribution in [0.15, 0.2) is 24.3 Å². The van der Waals surface area contributed by atoms with Crippen LogP contribution in [0.4, 0.5) is 26.1 Å². The fourth-order valence-electron chi connectivity index (χ4n) is 1.04. The van der Waals surface area contributed by atoms with Crippen LogP contribution in [-0.4, -0.2) is 6.98 Å². The number of hydrogen-bond donors (Lipinski definition) is 0. The number of hydrogen-bond acceptors (Lipinski definition) is 0. The third kappa shape index (κ3) is 2.21. The quantitative estimate of drug-likeness (QED) is 0.496. The summed E-state index contributed by atoms with van der Waals surface area (Å²) in [4.78, 5) is 0. The highest BCUT2D eigenvalue weighted by atomic mass is 19.4. The lowest BCUT2D eigenvalue weighted by Gasteiger charge is -2.20. The fraction of sp³-hybridized carbons (Fsp3) is 0.143. The largest absolute Gasteiger partial charge is 0.510 e. The van der Waals surface area contributed by atoms with Gasteiger partial charge in [-0.2, -0.15) is 13.2 Å². The molecule has 0 atom stereocenters. The Balaban J connectivity index is 3.31. The molecule has 0 aliphatic carbocycles. The number of rotatable bonds is 1. The first-order valence-corrected chi connectivity index (χ1v) is 3.59. The minimum atomic E-state index is -5.62. The molecule has 0 aliphatic heterocycles. The van der Waals surface area contributed by atoms with Crippen molar-refractivity contribution in [1.29, 1.82) is 0 Å². The van der Waals surface area contributed by atoms with Gasteiger partial charge in [-0.05, 0) is 0 Å². The number of benzene rings is 1. The van der Waals surface area contributed by atoms with E-state index in [4.69, 9.17) is 0 Å². The zero-order valence-electron chi connectivity index (χ0n) is 6.65. The molecular weight excluding hydrogens is 209 g/mol. The highest BCUT2D eigenvalue weighted by molar-refractivity contribution is 6.74. The van der Waals surface area contributed by atoms with Crippen molar-refractivity contribution in [3.8, 4) is 0 Å². The Morgan fingerprint density at radius 2 is 1.43 bits per heavy atom. The summed E-state index contributed by atoms with van der Waals surface area (Å²) >= 11 is 0. The van der Waals surface area contributed by atoms with E-state index >= 15 is 0 Å². The molecule has 1 aromatic rings. The zero-order chi connectivity index (χ0) is 11.0. The molecule has 0 aliphatic rings. The summed E-state index contributed by atoms with van der Waals surface area (Å²) in [5.41, 5.74) is -3.23. The molecule has 7 heteroatoms. The molecule has 14 heavy (non-hydrogen) atoms. The Morgan fingerprint density at radius 3 is 1.79 bits per heavy atom. The molecule has 0 aromatic heterocycles. The van der Waals surface area contributed by atoms with Crippen molar-refractivity contribution >= 4 is 12.4 Å². The number of halogens is 6. The highest BCUT2D eigenvalue weighted by Gasteiger charge is 2.38. The van der Waals surface area contributed by atoms with Crippen molar-refractivity contribution in [2.75, 3.05) is 0 Å². The number of alkyl halides is 3. The summed E-state index contributed by atoms with van der Waals surface area (Å²) < 4.78 is 72.7. The molecule has 0 heterocycles. The summed E-state index contributed by atoms with van der Waals surface area (Å²) in [5, 5.41) is 0. The minimum absolute atomic E-state index is 0.421. The maximum Gasteiger partial charge on any atom is 0.510 e. The molecular formula is C7H4BF6-. The van der Waals surface area contributed by atoms with Crippen LogP contribution in [0.5, 0.6) is 0 Å². The lowest BCUT2D eigenvalue weighted by atomic mass is 9.77. The Morgan fingerprint density at radius 1 is 0.929 bits per heavy atom. The smallest absolute Gasteiger partial charge is 0.445 e. The molecule has 0 nitrogen and oxygen atoms in total. The standard InChI is InChI=1S/C7H4BF6/c9-7(10,11)5-3-1-2-4-6(5)8(12,13)14/h1-4H/q-1. The first-order valence-electron chi connectivity index (χ1n) is 3.59. The van der Waals surface area contributed by atoms with Gasteiger partial charge in [0.1, 0.15) is 0 Å². The van der Waals surface area contributed by atoms with E-state index < -0.39 is 24.2 Å². The van der Waals surface area contributed by atoms with E-state index in [1.807, 2.05) is 0 Å². The van der Waals surface area contributed by atoms with Crippen LogP contribution in [0.3, 0.4) is 0 Å². The van der Waals surface area contributed by atoms with Crippen LogP contribution in [0, 0.1) is 0 Å². The van der Waals surface area contributed by atoms with E-state index in [0.717, 1.165) is 12.1 Å². The van der Waals surface area contributed by atoms with Crippen molar-refractivity contribution < 1.29 is 26.1 Å². The van der Waals surface area contributed by atoms with Crippen LogP contribution < -0.4 is 5.46 Å². The molecule has 0 bridgehead atoms. The van der Waals surface area contributed by atoms with E-state index in [0.29, 0.717) is 12.1 Å². The molecule has 0 fully saturated rings. The minimum Gasteiger partial charge on any atom is -0.445 e. The monoisotopic (exact) mass is 213 g/mol. The molecule has 0 unspecified atom stereocenters. The van der Waals surface area contributed by atoms with E-state index in [2.05, 4.69) is 0 Å².